The van der Waals surface area contributed by atoms with Gasteiger partial charge in [-0.05, 0) is 38.5 Å². The zero-order valence-corrected chi connectivity index (χ0v) is 12.4. The number of nitrogens with two attached hydrogens (primary N) is 1. The second-order valence-electron chi connectivity index (χ2n) is 5.84. The number of halogens is 1. The van der Waals surface area contributed by atoms with Crippen LogP contribution in [0.4, 0.5) is 0 Å². The number of fused-ring (bicyclic) bond motifs is 1. The van der Waals surface area contributed by atoms with E-state index in [1.54, 1.807) is 0 Å². The van der Waals surface area contributed by atoms with Gasteiger partial charge in [0, 0.05) is 12.1 Å². The van der Waals surface area contributed by atoms with Gasteiger partial charge in [-0.3, -0.25) is 4.79 Å². The number of carbonyl (C=O) groups is 1. The van der Waals surface area contributed by atoms with Crippen LogP contribution < -0.4 is 5.73 Å². The Bertz CT molecular complexity index is 285. The van der Waals surface area contributed by atoms with E-state index in [4.69, 9.17) is 5.73 Å². The Kier molecular flexibility index (Phi) is 5.93. The summed E-state index contributed by atoms with van der Waals surface area (Å²) in [6.07, 6.45) is 8.12. The highest BCUT2D eigenvalue weighted by Gasteiger charge is 2.43. The van der Waals surface area contributed by atoms with Gasteiger partial charge in [-0.2, -0.15) is 0 Å². The molecule has 0 aromatic heterocycles. The molecule has 2 aliphatic rings. The molecule has 1 amide bonds. The maximum Gasteiger partial charge on any atom is 0.239 e. The minimum Gasteiger partial charge on any atom is -0.335 e. The van der Waals surface area contributed by atoms with Crippen LogP contribution in [0.1, 0.15) is 58.8 Å². The van der Waals surface area contributed by atoms with Gasteiger partial charge < -0.3 is 10.6 Å². The summed E-state index contributed by atoms with van der Waals surface area (Å²) in [7, 11) is 0. The van der Waals surface area contributed by atoms with Crippen LogP contribution in [0.25, 0.3) is 0 Å². The van der Waals surface area contributed by atoms with E-state index >= 15 is 0 Å². The summed E-state index contributed by atoms with van der Waals surface area (Å²) < 4.78 is 0. The van der Waals surface area contributed by atoms with E-state index in [1.165, 1.54) is 32.1 Å². The van der Waals surface area contributed by atoms with E-state index in [2.05, 4.69) is 18.7 Å². The number of carbonyl (C=O) groups excluding carboxylic acids is 1. The Morgan fingerprint density at radius 3 is 2.72 bits per heavy atom. The van der Waals surface area contributed by atoms with Crippen molar-refractivity contribution >= 4 is 18.3 Å². The van der Waals surface area contributed by atoms with Crippen molar-refractivity contribution < 1.29 is 4.79 Å². The third kappa shape index (κ3) is 3.00. The molecule has 2 N–H and O–H groups in total. The minimum absolute atomic E-state index is 0. The fourth-order valence-corrected chi connectivity index (χ4v) is 3.71. The van der Waals surface area contributed by atoms with Crippen LogP contribution >= 0.6 is 12.4 Å². The number of amides is 1. The standard InChI is InChI=1S/C14H26N2O.ClH/c1-3-6-12(15)14(17)16-10(2)9-11-7-4-5-8-13(11)16;/h10-13H,3-9,15H2,1-2H3;1H. The van der Waals surface area contributed by atoms with Crippen molar-refractivity contribution in [1.29, 1.82) is 0 Å². The molecule has 18 heavy (non-hydrogen) atoms. The first kappa shape index (κ1) is 15.8. The van der Waals surface area contributed by atoms with Gasteiger partial charge in [-0.25, -0.2) is 0 Å². The summed E-state index contributed by atoms with van der Waals surface area (Å²) in [4.78, 5) is 14.5. The lowest BCUT2D eigenvalue weighted by molar-refractivity contribution is -0.136. The molecule has 0 spiro atoms. The van der Waals surface area contributed by atoms with Gasteiger partial charge in [0.25, 0.3) is 0 Å². The zero-order chi connectivity index (χ0) is 12.4. The molecule has 1 saturated carbocycles. The second-order valence-corrected chi connectivity index (χ2v) is 5.84. The summed E-state index contributed by atoms with van der Waals surface area (Å²) >= 11 is 0. The van der Waals surface area contributed by atoms with Gasteiger partial charge in [0.15, 0.2) is 0 Å². The topological polar surface area (TPSA) is 46.3 Å². The van der Waals surface area contributed by atoms with Gasteiger partial charge >= 0.3 is 0 Å². The van der Waals surface area contributed by atoms with E-state index < -0.39 is 0 Å². The first-order valence-corrected chi connectivity index (χ1v) is 7.23. The first-order valence-electron chi connectivity index (χ1n) is 7.23. The van der Waals surface area contributed by atoms with Crippen LogP contribution in [0.3, 0.4) is 0 Å². The quantitative estimate of drug-likeness (QED) is 0.860. The predicted octanol–water partition coefficient (Wildman–Crippen LogP) is 2.72. The Morgan fingerprint density at radius 1 is 1.39 bits per heavy atom. The maximum absolute atomic E-state index is 12.4. The van der Waals surface area contributed by atoms with Crippen LogP contribution in [0.15, 0.2) is 0 Å². The predicted molar refractivity (Wildman–Crippen MR) is 76.8 cm³/mol. The molecule has 0 radical (unpaired) electrons. The SMILES string of the molecule is CCCC(N)C(=O)N1C(C)CC2CCCCC21.Cl. The molecular weight excluding hydrogens is 248 g/mol. The van der Waals surface area contributed by atoms with Crippen LogP contribution in [-0.4, -0.2) is 28.9 Å². The molecule has 2 fully saturated rings. The third-order valence-corrected chi connectivity index (χ3v) is 4.52. The average molecular weight is 275 g/mol. The number of nitrogens with zero attached hydrogens (tertiary/aromatic N) is 1. The van der Waals surface area contributed by atoms with Crippen LogP contribution in [0, 0.1) is 5.92 Å². The van der Waals surface area contributed by atoms with Gasteiger partial charge in [-0.15, -0.1) is 12.4 Å². The normalized spacial score (nSPS) is 32.6. The fraction of sp³-hybridized carbons (Fsp3) is 0.929. The Labute approximate surface area is 117 Å². The monoisotopic (exact) mass is 274 g/mol. The van der Waals surface area contributed by atoms with E-state index in [0.717, 1.165) is 18.8 Å². The highest BCUT2D eigenvalue weighted by atomic mass is 35.5. The molecule has 4 heteroatoms. The van der Waals surface area contributed by atoms with Crippen molar-refractivity contribution in [1.82, 2.24) is 4.90 Å². The third-order valence-electron chi connectivity index (χ3n) is 4.52. The Morgan fingerprint density at radius 2 is 2.06 bits per heavy atom. The molecule has 106 valence electrons. The molecule has 1 saturated heterocycles. The van der Waals surface area contributed by atoms with Crippen molar-refractivity contribution in [3.63, 3.8) is 0 Å². The molecule has 1 aliphatic heterocycles. The maximum atomic E-state index is 12.4. The summed E-state index contributed by atoms with van der Waals surface area (Å²) in [5.74, 6) is 0.949. The van der Waals surface area contributed by atoms with Crippen LogP contribution in [-0.2, 0) is 4.79 Å². The molecular formula is C14H27ClN2O. The largest absolute Gasteiger partial charge is 0.335 e. The van der Waals surface area contributed by atoms with E-state index in [9.17, 15) is 4.79 Å². The van der Waals surface area contributed by atoms with E-state index in [1.807, 2.05) is 0 Å². The Balaban J connectivity index is 0.00000162. The van der Waals surface area contributed by atoms with Crippen molar-refractivity contribution in [2.75, 3.05) is 0 Å². The molecule has 4 atom stereocenters. The van der Waals surface area contributed by atoms with Crippen molar-refractivity contribution in [3.05, 3.63) is 0 Å². The number of rotatable bonds is 3. The average Bonchev–Trinajstić information content (AvgIpc) is 2.64. The van der Waals surface area contributed by atoms with Gasteiger partial charge in [0.05, 0.1) is 6.04 Å². The smallest absolute Gasteiger partial charge is 0.239 e. The van der Waals surface area contributed by atoms with Gasteiger partial charge in [-0.1, -0.05) is 26.2 Å². The number of hydrogen-bond acceptors (Lipinski definition) is 2. The van der Waals surface area contributed by atoms with Crippen LogP contribution in [0.5, 0.6) is 0 Å². The molecule has 1 heterocycles. The van der Waals surface area contributed by atoms with Crippen molar-refractivity contribution in [2.45, 2.75) is 76.9 Å². The fourth-order valence-electron chi connectivity index (χ4n) is 3.71. The highest BCUT2D eigenvalue weighted by Crippen LogP contribution is 2.39. The van der Waals surface area contributed by atoms with Crippen molar-refractivity contribution in [2.24, 2.45) is 11.7 Å². The molecule has 3 nitrogen and oxygen atoms in total. The minimum atomic E-state index is -0.275. The van der Waals surface area contributed by atoms with E-state index in [-0.39, 0.29) is 24.4 Å². The molecule has 4 unspecified atom stereocenters. The lowest BCUT2D eigenvalue weighted by Crippen LogP contribution is -2.49. The van der Waals surface area contributed by atoms with Crippen LogP contribution in [0.2, 0.25) is 0 Å². The molecule has 0 bridgehead atoms. The summed E-state index contributed by atoms with van der Waals surface area (Å²) in [5.41, 5.74) is 6.00. The highest BCUT2D eigenvalue weighted by molar-refractivity contribution is 5.85. The second kappa shape index (κ2) is 6.76. The summed E-state index contributed by atoms with van der Waals surface area (Å²) in [6.45, 7) is 4.28. The zero-order valence-electron chi connectivity index (χ0n) is 11.6. The molecule has 0 aromatic carbocycles. The lowest BCUT2D eigenvalue weighted by Gasteiger charge is -2.34. The Hall–Kier alpha value is -0.280. The summed E-state index contributed by atoms with van der Waals surface area (Å²) in [6, 6.07) is 0.621. The van der Waals surface area contributed by atoms with Gasteiger partial charge in [0.2, 0.25) is 5.91 Å². The van der Waals surface area contributed by atoms with Gasteiger partial charge in [0.1, 0.15) is 0 Å². The molecule has 0 aromatic rings. The van der Waals surface area contributed by atoms with E-state index in [0.29, 0.717) is 12.1 Å². The lowest BCUT2D eigenvalue weighted by atomic mass is 9.85. The van der Waals surface area contributed by atoms with Crippen molar-refractivity contribution in [3.8, 4) is 0 Å². The molecule has 2 rings (SSSR count). The first-order chi connectivity index (χ1) is 8.15. The number of likely N-dealkylation sites (tertiary alicyclic amines) is 1. The molecule has 1 aliphatic carbocycles. The summed E-state index contributed by atoms with van der Waals surface area (Å²) in [5, 5.41) is 0. The number of hydrogen-bond donors (Lipinski definition) is 1.